The SMILES string of the molecule is CC(C)(C)OC(=O)N1CCC2(CCN(c3ccc(-c4ccc(OCc5ccccc5)nc4OCc4ccccc4)cc3)C2)C1. The molecule has 2 aliphatic heterocycles. The molecule has 7 heteroatoms. The molecule has 3 heterocycles. The van der Waals surface area contributed by atoms with Crippen LogP contribution in [-0.4, -0.2) is 47.8 Å². The van der Waals surface area contributed by atoms with E-state index in [9.17, 15) is 4.79 Å². The number of nitrogens with zero attached hydrogens (tertiary/aromatic N) is 3. The maximum atomic E-state index is 12.7. The minimum atomic E-state index is -0.478. The molecule has 1 atom stereocenters. The first kappa shape index (κ1) is 29.5. The molecule has 2 aliphatic rings. The minimum absolute atomic E-state index is 0.119. The van der Waals surface area contributed by atoms with Crippen molar-refractivity contribution in [2.75, 3.05) is 31.1 Å². The summed E-state index contributed by atoms with van der Waals surface area (Å²) in [7, 11) is 0. The summed E-state index contributed by atoms with van der Waals surface area (Å²) in [6, 6.07) is 32.7. The van der Waals surface area contributed by atoms with E-state index in [1.54, 1.807) is 0 Å². The van der Waals surface area contributed by atoms with Crippen LogP contribution in [0.5, 0.6) is 11.8 Å². The van der Waals surface area contributed by atoms with Crippen molar-refractivity contribution in [1.29, 1.82) is 0 Å². The Hall–Kier alpha value is -4.52. The summed E-state index contributed by atoms with van der Waals surface area (Å²) in [5.74, 6) is 1.07. The predicted octanol–water partition coefficient (Wildman–Crippen LogP) is 7.74. The fraction of sp³-hybridized carbons (Fsp3) is 0.351. The molecule has 2 fully saturated rings. The van der Waals surface area contributed by atoms with E-state index in [-0.39, 0.29) is 11.5 Å². The molecule has 0 aliphatic carbocycles. The molecule has 1 unspecified atom stereocenters. The smallest absolute Gasteiger partial charge is 0.410 e. The summed E-state index contributed by atoms with van der Waals surface area (Å²) < 4.78 is 17.9. The largest absolute Gasteiger partial charge is 0.473 e. The van der Waals surface area contributed by atoms with Crippen LogP contribution in [0.2, 0.25) is 0 Å². The molecule has 0 saturated carbocycles. The Kier molecular flexibility index (Phi) is 8.47. The highest BCUT2D eigenvalue weighted by atomic mass is 16.6. The van der Waals surface area contributed by atoms with Crippen molar-refractivity contribution in [2.24, 2.45) is 5.41 Å². The van der Waals surface area contributed by atoms with Crippen LogP contribution in [0.25, 0.3) is 11.1 Å². The monoisotopic (exact) mass is 591 g/mol. The Morgan fingerprint density at radius 1 is 0.773 bits per heavy atom. The molecule has 1 spiro atoms. The van der Waals surface area contributed by atoms with Gasteiger partial charge in [-0.3, -0.25) is 0 Å². The van der Waals surface area contributed by atoms with Gasteiger partial charge >= 0.3 is 6.09 Å². The standard InChI is InChI=1S/C37H41N3O4/c1-36(2,3)44-35(41)40-23-21-37(27-40)20-22-39(26-37)31-16-14-30(15-17-31)32-18-19-33(42-24-28-10-6-4-7-11-28)38-34(32)43-25-29-12-8-5-9-13-29/h4-19H,20-27H2,1-3H3. The quantitative estimate of drug-likeness (QED) is 0.209. The lowest BCUT2D eigenvalue weighted by molar-refractivity contribution is 0.0276. The van der Waals surface area contributed by atoms with Gasteiger partial charge in [0.1, 0.15) is 18.8 Å². The van der Waals surface area contributed by atoms with E-state index in [1.165, 1.54) is 5.69 Å². The van der Waals surface area contributed by atoms with Crippen molar-refractivity contribution in [3.63, 3.8) is 0 Å². The molecule has 1 amide bonds. The van der Waals surface area contributed by atoms with Gasteiger partial charge in [-0.15, -0.1) is 0 Å². The lowest BCUT2D eigenvalue weighted by Gasteiger charge is -2.27. The molecule has 44 heavy (non-hydrogen) atoms. The zero-order valence-corrected chi connectivity index (χ0v) is 25.9. The first-order valence-corrected chi connectivity index (χ1v) is 15.4. The van der Waals surface area contributed by atoms with Crippen molar-refractivity contribution >= 4 is 11.8 Å². The number of rotatable bonds is 8. The number of ether oxygens (including phenoxy) is 3. The van der Waals surface area contributed by atoms with E-state index >= 15 is 0 Å². The van der Waals surface area contributed by atoms with Crippen LogP contribution in [0, 0.1) is 5.41 Å². The molecule has 6 rings (SSSR count). The van der Waals surface area contributed by atoms with Crippen LogP contribution in [0.3, 0.4) is 0 Å². The summed E-state index contributed by atoms with van der Waals surface area (Å²) in [5.41, 5.74) is 4.93. The summed E-state index contributed by atoms with van der Waals surface area (Å²) in [5, 5.41) is 0. The van der Waals surface area contributed by atoms with Gasteiger partial charge in [0.15, 0.2) is 0 Å². The van der Waals surface area contributed by atoms with Gasteiger partial charge in [-0.25, -0.2) is 4.79 Å². The van der Waals surface area contributed by atoms with E-state index in [2.05, 4.69) is 29.2 Å². The fourth-order valence-electron chi connectivity index (χ4n) is 6.05. The average Bonchev–Trinajstić information content (AvgIpc) is 3.66. The van der Waals surface area contributed by atoms with Crippen LogP contribution in [0.4, 0.5) is 10.5 Å². The van der Waals surface area contributed by atoms with Crippen LogP contribution < -0.4 is 14.4 Å². The molecule has 0 bridgehead atoms. The topological polar surface area (TPSA) is 64.1 Å². The third-order valence-corrected chi connectivity index (χ3v) is 8.35. The average molecular weight is 592 g/mol. The number of likely N-dealkylation sites (tertiary alicyclic amines) is 1. The number of carbonyl (C=O) groups excluding carboxylic acids is 1. The van der Waals surface area contributed by atoms with Crippen molar-refractivity contribution in [2.45, 2.75) is 52.4 Å². The van der Waals surface area contributed by atoms with Gasteiger partial charge in [-0.05, 0) is 68.5 Å². The van der Waals surface area contributed by atoms with Gasteiger partial charge in [0.05, 0.1) is 0 Å². The third kappa shape index (κ3) is 7.16. The van der Waals surface area contributed by atoms with Crippen molar-refractivity contribution in [3.8, 4) is 22.9 Å². The second-order valence-corrected chi connectivity index (χ2v) is 12.9. The number of pyridine rings is 1. The van der Waals surface area contributed by atoms with Crippen LogP contribution in [0.1, 0.15) is 44.7 Å². The fourth-order valence-corrected chi connectivity index (χ4v) is 6.05. The molecular formula is C37H41N3O4. The highest BCUT2D eigenvalue weighted by Gasteiger charge is 2.45. The Labute approximate surface area is 260 Å². The van der Waals surface area contributed by atoms with Gasteiger partial charge < -0.3 is 24.0 Å². The molecule has 4 aromatic rings. The van der Waals surface area contributed by atoms with Crippen molar-refractivity contribution in [1.82, 2.24) is 9.88 Å². The van der Waals surface area contributed by atoms with Crippen LogP contribution in [0.15, 0.2) is 97.1 Å². The second-order valence-electron chi connectivity index (χ2n) is 12.9. The molecule has 0 N–H and O–H groups in total. The Balaban J connectivity index is 1.15. The summed E-state index contributed by atoms with van der Waals surface area (Å²) in [6.07, 6.45) is 1.88. The molecule has 0 radical (unpaired) electrons. The Bertz CT molecular complexity index is 1550. The molecule has 228 valence electrons. The predicted molar refractivity (Wildman–Crippen MR) is 173 cm³/mol. The highest BCUT2D eigenvalue weighted by molar-refractivity contribution is 5.71. The molecule has 7 nitrogen and oxygen atoms in total. The number of hydrogen-bond acceptors (Lipinski definition) is 6. The summed E-state index contributed by atoms with van der Waals surface area (Å²) in [4.78, 5) is 21.8. The second kappa shape index (κ2) is 12.6. The molecule has 2 saturated heterocycles. The molecule has 3 aromatic carbocycles. The lowest BCUT2D eigenvalue weighted by Crippen LogP contribution is -2.37. The highest BCUT2D eigenvalue weighted by Crippen LogP contribution is 2.42. The molecular weight excluding hydrogens is 550 g/mol. The lowest BCUT2D eigenvalue weighted by atomic mass is 9.86. The summed E-state index contributed by atoms with van der Waals surface area (Å²) >= 11 is 0. The Morgan fingerprint density at radius 2 is 1.41 bits per heavy atom. The van der Waals surface area contributed by atoms with Gasteiger partial charge in [0.25, 0.3) is 0 Å². The van der Waals surface area contributed by atoms with Crippen LogP contribution in [-0.2, 0) is 18.0 Å². The maximum Gasteiger partial charge on any atom is 0.410 e. The van der Waals surface area contributed by atoms with Crippen LogP contribution >= 0.6 is 0 Å². The first-order valence-electron chi connectivity index (χ1n) is 15.4. The number of anilines is 1. The number of aromatic nitrogens is 1. The van der Waals surface area contributed by atoms with E-state index in [0.717, 1.165) is 61.3 Å². The zero-order valence-electron chi connectivity index (χ0n) is 25.9. The Morgan fingerprint density at radius 3 is 2.07 bits per heavy atom. The summed E-state index contributed by atoms with van der Waals surface area (Å²) in [6.45, 7) is 10.0. The van der Waals surface area contributed by atoms with E-state index in [0.29, 0.717) is 25.0 Å². The van der Waals surface area contributed by atoms with Crippen molar-refractivity contribution < 1.29 is 19.0 Å². The van der Waals surface area contributed by atoms with Gasteiger partial charge in [-0.1, -0.05) is 72.8 Å². The van der Waals surface area contributed by atoms with Gasteiger partial charge in [0.2, 0.25) is 11.8 Å². The number of amides is 1. The number of benzene rings is 3. The minimum Gasteiger partial charge on any atom is -0.473 e. The van der Waals surface area contributed by atoms with Gasteiger partial charge in [0, 0.05) is 48.9 Å². The van der Waals surface area contributed by atoms with E-state index in [1.807, 2.05) is 98.5 Å². The third-order valence-electron chi connectivity index (χ3n) is 8.35. The zero-order chi connectivity index (χ0) is 30.6. The number of carbonyl (C=O) groups is 1. The first-order chi connectivity index (χ1) is 21.3. The van der Waals surface area contributed by atoms with Crippen molar-refractivity contribution in [3.05, 3.63) is 108 Å². The van der Waals surface area contributed by atoms with Gasteiger partial charge in [-0.2, -0.15) is 4.98 Å². The van der Waals surface area contributed by atoms with E-state index < -0.39 is 5.60 Å². The number of hydrogen-bond donors (Lipinski definition) is 0. The maximum absolute atomic E-state index is 12.7. The normalized spacial score (nSPS) is 18.1. The van der Waals surface area contributed by atoms with E-state index in [4.69, 9.17) is 19.2 Å². The molecule has 1 aromatic heterocycles.